The van der Waals surface area contributed by atoms with Gasteiger partial charge in [-0.15, -0.1) is 0 Å². The van der Waals surface area contributed by atoms with E-state index in [1.807, 2.05) is 18.2 Å². The van der Waals surface area contributed by atoms with Gasteiger partial charge in [-0.3, -0.25) is 19.9 Å². The van der Waals surface area contributed by atoms with E-state index in [-0.39, 0.29) is 17.3 Å². The van der Waals surface area contributed by atoms with Crippen molar-refractivity contribution in [3.63, 3.8) is 0 Å². The number of carbonyl (C=O) groups excluding carboxylic acids is 2. The fourth-order valence-corrected chi connectivity index (χ4v) is 4.84. The molecule has 31 heavy (non-hydrogen) atoms. The molecule has 1 aliphatic heterocycles. The number of amidine groups is 1. The number of piperazine rings is 1. The molecule has 3 aromatic carbocycles. The number of benzene rings is 3. The molecule has 1 saturated heterocycles. The number of nitrogens with zero attached hydrogens (tertiary/aromatic N) is 2. The summed E-state index contributed by atoms with van der Waals surface area (Å²) in [7, 11) is -4.00. The number of imide groups is 1. The molecule has 3 N–H and O–H groups in total. The molecule has 0 atom stereocenters. The van der Waals surface area contributed by atoms with E-state index in [1.54, 1.807) is 42.5 Å². The zero-order valence-corrected chi connectivity index (χ0v) is 17.3. The highest BCUT2D eigenvalue weighted by molar-refractivity contribution is 7.89. The largest absolute Gasteiger partial charge is 0.384 e. The predicted molar refractivity (Wildman–Crippen MR) is 116 cm³/mol. The normalized spacial score (nSPS) is 15.4. The second-order valence-corrected chi connectivity index (χ2v) is 9.20. The summed E-state index contributed by atoms with van der Waals surface area (Å²) in [6, 6.07) is 18.7. The molecular weight excluding hydrogens is 416 g/mol. The van der Waals surface area contributed by atoms with Crippen molar-refractivity contribution in [1.82, 2.24) is 9.21 Å². The summed E-state index contributed by atoms with van der Waals surface area (Å²) >= 11 is 0. The second-order valence-electron chi connectivity index (χ2n) is 7.27. The third kappa shape index (κ3) is 4.05. The van der Waals surface area contributed by atoms with E-state index >= 15 is 0 Å². The van der Waals surface area contributed by atoms with Crippen LogP contribution < -0.4 is 5.73 Å². The lowest BCUT2D eigenvalue weighted by molar-refractivity contribution is -0.149. The van der Waals surface area contributed by atoms with Crippen molar-refractivity contribution >= 4 is 38.4 Å². The molecule has 8 nitrogen and oxygen atoms in total. The van der Waals surface area contributed by atoms with E-state index < -0.39 is 34.9 Å². The van der Waals surface area contributed by atoms with Crippen molar-refractivity contribution in [2.24, 2.45) is 5.73 Å². The van der Waals surface area contributed by atoms with Gasteiger partial charge in [0.05, 0.1) is 24.5 Å². The Morgan fingerprint density at radius 2 is 1.52 bits per heavy atom. The number of carbonyl (C=O) groups is 2. The summed E-state index contributed by atoms with van der Waals surface area (Å²) in [6.07, 6.45) is 0. The molecule has 1 heterocycles. The van der Waals surface area contributed by atoms with Crippen molar-refractivity contribution < 1.29 is 18.0 Å². The van der Waals surface area contributed by atoms with E-state index in [0.29, 0.717) is 11.1 Å². The van der Waals surface area contributed by atoms with Gasteiger partial charge in [0, 0.05) is 5.56 Å². The molecule has 0 saturated carbocycles. The average Bonchev–Trinajstić information content (AvgIpc) is 2.76. The van der Waals surface area contributed by atoms with Crippen molar-refractivity contribution in [3.05, 3.63) is 77.9 Å². The van der Waals surface area contributed by atoms with E-state index in [2.05, 4.69) is 0 Å². The van der Waals surface area contributed by atoms with E-state index in [9.17, 15) is 18.0 Å². The number of rotatable bonds is 5. The van der Waals surface area contributed by atoms with Crippen LogP contribution in [0, 0.1) is 5.41 Å². The van der Waals surface area contributed by atoms with Crippen LogP contribution in [-0.2, 0) is 26.2 Å². The fourth-order valence-electron chi connectivity index (χ4n) is 3.46. The van der Waals surface area contributed by atoms with Crippen LogP contribution in [0.4, 0.5) is 0 Å². The molecule has 0 unspecified atom stereocenters. The summed E-state index contributed by atoms with van der Waals surface area (Å²) in [6.45, 7) is -0.793. The first kappa shape index (κ1) is 20.7. The molecule has 3 aromatic rings. The number of nitrogen functional groups attached to an aromatic ring is 1. The minimum Gasteiger partial charge on any atom is -0.384 e. The van der Waals surface area contributed by atoms with Crippen molar-refractivity contribution in [2.75, 3.05) is 13.1 Å². The Balaban J connectivity index is 1.53. The molecule has 0 aromatic heterocycles. The lowest BCUT2D eigenvalue weighted by Crippen LogP contribution is -2.54. The monoisotopic (exact) mass is 436 g/mol. The first-order valence-electron chi connectivity index (χ1n) is 9.51. The molecule has 4 rings (SSSR count). The number of amides is 2. The van der Waals surface area contributed by atoms with Crippen LogP contribution in [0.15, 0.2) is 71.6 Å². The SMILES string of the molecule is N=C(N)c1ccc(CN2C(=O)CN(S(=O)(=O)c3ccc4ccccc4c3)CC2=O)cc1. The van der Waals surface area contributed by atoms with Gasteiger partial charge in [-0.05, 0) is 28.5 Å². The third-order valence-corrected chi connectivity index (χ3v) is 6.98. The molecule has 0 aliphatic carbocycles. The van der Waals surface area contributed by atoms with Crippen molar-refractivity contribution in [2.45, 2.75) is 11.4 Å². The highest BCUT2D eigenvalue weighted by atomic mass is 32.2. The Bertz CT molecular complexity index is 1280. The highest BCUT2D eigenvalue weighted by Crippen LogP contribution is 2.24. The molecule has 0 radical (unpaired) electrons. The van der Waals surface area contributed by atoms with Crippen molar-refractivity contribution in [1.29, 1.82) is 5.41 Å². The van der Waals surface area contributed by atoms with Crippen LogP contribution in [0.25, 0.3) is 10.8 Å². The molecule has 2 amide bonds. The van der Waals surface area contributed by atoms with Gasteiger partial charge in [-0.25, -0.2) is 8.42 Å². The van der Waals surface area contributed by atoms with Gasteiger partial charge in [0.15, 0.2) is 0 Å². The van der Waals surface area contributed by atoms with Gasteiger partial charge in [-0.1, -0.05) is 54.6 Å². The predicted octanol–water partition coefficient (Wildman–Crippen LogP) is 1.68. The maximum Gasteiger partial charge on any atom is 0.244 e. The number of fused-ring (bicyclic) bond motifs is 1. The van der Waals surface area contributed by atoms with Gasteiger partial charge in [-0.2, -0.15) is 4.31 Å². The lowest BCUT2D eigenvalue weighted by Gasteiger charge is -2.32. The molecule has 9 heteroatoms. The zero-order valence-electron chi connectivity index (χ0n) is 16.5. The van der Waals surface area contributed by atoms with E-state index in [4.69, 9.17) is 11.1 Å². The van der Waals surface area contributed by atoms with Crippen LogP contribution in [0.5, 0.6) is 0 Å². The van der Waals surface area contributed by atoms with Gasteiger partial charge in [0.1, 0.15) is 5.84 Å². The average molecular weight is 436 g/mol. The summed E-state index contributed by atoms with van der Waals surface area (Å²) in [5, 5.41) is 9.07. The van der Waals surface area contributed by atoms with Crippen molar-refractivity contribution in [3.8, 4) is 0 Å². The Morgan fingerprint density at radius 1 is 0.903 bits per heavy atom. The quantitative estimate of drug-likeness (QED) is 0.358. The standard InChI is InChI=1S/C22H20N4O4S/c23-22(24)17-7-5-15(6-8-17)12-26-20(27)13-25(14-21(26)28)31(29,30)19-10-9-16-3-1-2-4-18(16)11-19/h1-11H,12-14H2,(H3,23,24). The number of nitrogens with one attached hydrogen (secondary N) is 1. The Kier molecular flexibility index (Phi) is 5.30. The molecule has 0 spiro atoms. The molecule has 1 fully saturated rings. The van der Waals surface area contributed by atoms with E-state index in [1.165, 1.54) is 6.07 Å². The minimum absolute atomic E-state index is 0.0275. The maximum absolute atomic E-state index is 13.1. The Labute approximate surface area is 179 Å². The molecule has 1 aliphatic rings. The second kappa shape index (κ2) is 7.93. The molecule has 158 valence electrons. The van der Waals surface area contributed by atoms with Gasteiger partial charge in [0.25, 0.3) is 0 Å². The van der Waals surface area contributed by atoms with Gasteiger partial charge in [0.2, 0.25) is 21.8 Å². The number of nitrogens with two attached hydrogens (primary N) is 1. The number of sulfonamides is 1. The van der Waals surface area contributed by atoms with Gasteiger partial charge >= 0.3 is 0 Å². The highest BCUT2D eigenvalue weighted by Gasteiger charge is 2.37. The van der Waals surface area contributed by atoms with E-state index in [0.717, 1.165) is 20.0 Å². The van der Waals surface area contributed by atoms with Gasteiger partial charge < -0.3 is 5.73 Å². The third-order valence-electron chi connectivity index (χ3n) is 5.19. The summed E-state index contributed by atoms with van der Waals surface area (Å²) < 4.78 is 27.0. The summed E-state index contributed by atoms with van der Waals surface area (Å²) in [5.41, 5.74) is 6.64. The van der Waals surface area contributed by atoms with Crippen LogP contribution in [-0.4, -0.2) is 48.4 Å². The number of hydrogen-bond acceptors (Lipinski definition) is 5. The zero-order chi connectivity index (χ0) is 22.2. The maximum atomic E-state index is 13.1. The fraction of sp³-hybridized carbons (Fsp3) is 0.136. The Hall–Kier alpha value is -3.56. The molecule has 0 bridgehead atoms. The smallest absolute Gasteiger partial charge is 0.244 e. The first-order chi connectivity index (χ1) is 14.8. The topological polar surface area (TPSA) is 125 Å². The van der Waals surface area contributed by atoms with Crippen LogP contribution in [0.1, 0.15) is 11.1 Å². The summed E-state index contributed by atoms with van der Waals surface area (Å²) in [5.74, 6) is -1.25. The minimum atomic E-state index is -4.00. The first-order valence-corrected chi connectivity index (χ1v) is 11.0. The number of hydrogen-bond donors (Lipinski definition) is 2. The van der Waals surface area contributed by atoms with Crippen LogP contribution in [0.3, 0.4) is 0 Å². The molecular formula is C22H20N4O4S. The van der Waals surface area contributed by atoms with Crippen LogP contribution >= 0.6 is 0 Å². The van der Waals surface area contributed by atoms with Crippen LogP contribution in [0.2, 0.25) is 0 Å². The lowest BCUT2D eigenvalue weighted by atomic mass is 10.1. The summed E-state index contributed by atoms with van der Waals surface area (Å²) in [4.78, 5) is 26.4. The Morgan fingerprint density at radius 3 is 2.13 bits per heavy atom.